The van der Waals surface area contributed by atoms with Crippen LogP contribution in [0.3, 0.4) is 0 Å². The zero-order valence-corrected chi connectivity index (χ0v) is 3.56. The number of carbonyl (C=O) groups is 1. The lowest BCUT2D eigenvalue weighted by Gasteiger charge is -1.84. The van der Waals surface area contributed by atoms with E-state index in [9.17, 15) is 4.79 Å². The highest BCUT2D eigenvalue weighted by Gasteiger charge is 1.86. The van der Waals surface area contributed by atoms with Crippen LogP contribution < -0.4 is 5.32 Å². The summed E-state index contributed by atoms with van der Waals surface area (Å²) >= 11 is 0. The molecule has 0 saturated carbocycles. The Morgan fingerprint density at radius 2 is 2.50 bits per heavy atom. The summed E-state index contributed by atoms with van der Waals surface area (Å²) in [5.41, 5.74) is 0. The van der Waals surface area contributed by atoms with Gasteiger partial charge in [-0.05, 0) is 7.05 Å². The molecule has 0 atom stereocenters. The maximum Gasteiger partial charge on any atom is 0.317 e. The van der Waals surface area contributed by atoms with Crippen LogP contribution in [0.15, 0.2) is 0 Å². The minimum atomic E-state index is -0.822. The van der Waals surface area contributed by atoms with E-state index in [0.717, 1.165) is 0 Å². The Morgan fingerprint density at radius 3 is 2.50 bits per heavy atom. The molecule has 3 heteroatoms. The number of nitrogens with one attached hydrogen (secondary N) is 1. The van der Waals surface area contributed by atoms with E-state index in [-0.39, 0.29) is 6.54 Å². The Morgan fingerprint density at radius 1 is 2.00 bits per heavy atom. The molecule has 0 unspecified atom stereocenters. The molecule has 0 aromatic heterocycles. The summed E-state index contributed by atoms with van der Waals surface area (Å²) in [7, 11) is 1.59. The van der Waals surface area contributed by atoms with Crippen molar-refractivity contribution >= 4 is 5.97 Å². The monoisotopic (exact) mass is 90.1 g/mol. The lowest BCUT2D eigenvalue weighted by molar-refractivity contribution is -0.135. The van der Waals surface area contributed by atoms with E-state index in [0.29, 0.717) is 0 Å². The average molecular weight is 90.1 g/mol. The van der Waals surface area contributed by atoms with Gasteiger partial charge in [0.05, 0.1) is 6.54 Å². The molecule has 0 saturated heterocycles. The standard InChI is InChI=1S/C3H7NO2/c1-4-2-3(5)6/h4H,2H2,1H3,(H,5,6)/i1+1. The largest absolute Gasteiger partial charge is 0.480 e. The fourth-order valence-corrected chi connectivity index (χ4v) is 0.151. The third-order valence-corrected chi connectivity index (χ3v) is 0.328. The highest BCUT2D eigenvalue weighted by Crippen LogP contribution is 1.50. The minimum Gasteiger partial charge on any atom is -0.480 e. The van der Waals surface area contributed by atoms with Crippen molar-refractivity contribution in [1.82, 2.24) is 5.32 Å². The fourth-order valence-electron chi connectivity index (χ4n) is 0.151. The fraction of sp³-hybridized carbons (Fsp3) is 0.667. The van der Waals surface area contributed by atoms with Crippen LogP contribution in [0.25, 0.3) is 0 Å². The van der Waals surface area contributed by atoms with Crippen LogP contribution in [-0.2, 0) is 4.79 Å². The molecule has 0 aromatic carbocycles. The molecule has 0 aliphatic rings. The van der Waals surface area contributed by atoms with E-state index in [1.165, 1.54) is 0 Å². The van der Waals surface area contributed by atoms with E-state index in [1.54, 1.807) is 7.05 Å². The summed E-state index contributed by atoms with van der Waals surface area (Å²) < 4.78 is 0. The smallest absolute Gasteiger partial charge is 0.317 e. The Bertz CT molecular complexity index is 52.8. The lowest BCUT2D eigenvalue weighted by Crippen LogP contribution is -2.16. The maximum atomic E-state index is 9.54. The van der Waals surface area contributed by atoms with Gasteiger partial charge >= 0.3 is 5.97 Å². The van der Waals surface area contributed by atoms with Gasteiger partial charge in [0.2, 0.25) is 0 Å². The van der Waals surface area contributed by atoms with Crippen LogP contribution >= 0.6 is 0 Å². The first-order valence-corrected chi connectivity index (χ1v) is 1.63. The molecule has 0 radical (unpaired) electrons. The summed E-state index contributed by atoms with van der Waals surface area (Å²) in [5.74, 6) is -0.822. The van der Waals surface area contributed by atoms with Gasteiger partial charge in [-0.15, -0.1) is 0 Å². The molecule has 0 rings (SSSR count). The van der Waals surface area contributed by atoms with E-state index < -0.39 is 5.97 Å². The molecule has 0 aromatic rings. The summed E-state index contributed by atoms with van der Waals surface area (Å²) in [4.78, 5) is 9.54. The number of aliphatic carboxylic acids is 1. The van der Waals surface area contributed by atoms with Gasteiger partial charge in [-0.1, -0.05) is 0 Å². The zero-order chi connectivity index (χ0) is 4.99. The molecule has 3 nitrogen and oxygen atoms in total. The minimum absolute atomic E-state index is 0.0417. The van der Waals surface area contributed by atoms with Crippen molar-refractivity contribution in [2.75, 3.05) is 13.6 Å². The van der Waals surface area contributed by atoms with Crippen LogP contribution in [0, 0.1) is 0 Å². The van der Waals surface area contributed by atoms with Crippen molar-refractivity contribution in [1.29, 1.82) is 0 Å². The van der Waals surface area contributed by atoms with Gasteiger partial charge in [-0.25, -0.2) is 0 Å². The molecule has 0 heterocycles. The summed E-state index contributed by atoms with van der Waals surface area (Å²) in [6.45, 7) is 0.0417. The Labute approximate surface area is 36.0 Å². The van der Waals surface area contributed by atoms with E-state index in [1.807, 2.05) is 0 Å². The Balaban J connectivity index is 2.83. The summed E-state index contributed by atoms with van der Waals surface area (Å²) in [6.07, 6.45) is 0. The van der Waals surface area contributed by atoms with Crippen molar-refractivity contribution in [2.24, 2.45) is 0 Å². The van der Waals surface area contributed by atoms with Gasteiger partial charge in [-0.3, -0.25) is 4.79 Å². The van der Waals surface area contributed by atoms with Gasteiger partial charge in [0.1, 0.15) is 0 Å². The van der Waals surface area contributed by atoms with Gasteiger partial charge in [-0.2, -0.15) is 0 Å². The number of carboxylic acids is 1. The molecule has 6 heavy (non-hydrogen) atoms. The van der Waals surface area contributed by atoms with Crippen LogP contribution in [0.4, 0.5) is 0 Å². The SMILES string of the molecule is [13CH3]NCC(=O)O. The Hall–Kier alpha value is -0.570. The van der Waals surface area contributed by atoms with Crippen molar-refractivity contribution in [3.63, 3.8) is 0 Å². The number of hydrogen-bond acceptors (Lipinski definition) is 2. The van der Waals surface area contributed by atoms with Gasteiger partial charge in [0.25, 0.3) is 0 Å². The molecule has 0 bridgehead atoms. The first-order chi connectivity index (χ1) is 2.77. The molecule has 36 valence electrons. The van der Waals surface area contributed by atoms with Crippen LogP contribution in [0.1, 0.15) is 0 Å². The first kappa shape index (κ1) is 5.43. The average Bonchev–Trinajstić information content (AvgIpc) is 1.35. The highest BCUT2D eigenvalue weighted by atomic mass is 16.4. The normalized spacial score (nSPS) is 8.17. The third-order valence-electron chi connectivity index (χ3n) is 0.328. The predicted octanol–water partition coefficient (Wildman–Crippen LogP) is -0.710. The van der Waals surface area contributed by atoms with Crippen molar-refractivity contribution in [3.8, 4) is 0 Å². The highest BCUT2D eigenvalue weighted by molar-refractivity contribution is 5.68. The van der Waals surface area contributed by atoms with Crippen molar-refractivity contribution < 1.29 is 9.90 Å². The topological polar surface area (TPSA) is 49.3 Å². The molecule has 0 spiro atoms. The summed E-state index contributed by atoms with van der Waals surface area (Å²) in [6, 6.07) is 0. The first-order valence-electron chi connectivity index (χ1n) is 1.63. The van der Waals surface area contributed by atoms with Crippen molar-refractivity contribution in [2.45, 2.75) is 0 Å². The van der Waals surface area contributed by atoms with Crippen LogP contribution in [0.5, 0.6) is 0 Å². The van der Waals surface area contributed by atoms with Crippen molar-refractivity contribution in [3.05, 3.63) is 0 Å². The van der Waals surface area contributed by atoms with E-state index in [4.69, 9.17) is 5.11 Å². The molecular weight excluding hydrogens is 83.0 g/mol. The second-order valence-corrected chi connectivity index (χ2v) is 0.924. The van der Waals surface area contributed by atoms with Crippen LogP contribution in [-0.4, -0.2) is 24.7 Å². The number of hydrogen-bond donors (Lipinski definition) is 2. The lowest BCUT2D eigenvalue weighted by atomic mass is 10.7. The summed E-state index contributed by atoms with van der Waals surface area (Å²) in [5, 5.41) is 10.3. The van der Waals surface area contributed by atoms with Gasteiger partial charge < -0.3 is 10.4 Å². The predicted molar refractivity (Wildman–Crippen MR) is 21.6 cm³/mol. The molecule has 0 aliphatic carbocycles. The second kappa shape index (κ2) is 2.66. The molecule has 0 fully saturated rings. The van der Waals surface area contributed by atoms with Gasteiger partial charge in [0, 0.05) is 0 Å². The maximum absolute atomic E-state index is 9.54. The van der Waals surface area contributed by atoms with Crippen LogP contribution in [0.2, 0.25) is 0 Å². The number of rotatable bonds is 2. The molecule has 2 N–H and O–H groups in total. The zero-order valence-electron chi connectivity index (χ0n) is 3.56. The van der Waals surface area contributed by atoms with E-state index in [2.05, 4.69) is 5.32 Å². The molecule has 0 aliphatic heterocycles. The molecule has 0 amide bonds. The number of likely N-dealkylation sites (N-methyl/N-ethyl adjacent to an activating group) is 1. The second-order valence-electron chi connectivity index (χ2n) is 0.924. The number of carboxylic acid groups (broad SMARTS) is 1. The van der Waals surface area contributed by atoms with E-state index >= 15 is 0 Å². The van der Waals surface area contributed by atoms with Gasteiger partial charge in [0.15, 0.2) is 0 Å². The third kappa shape index (κ3) is 3.43. The molecular formula is C3H7NO2. The Kier molecular flexibility index (Phi) is 2.40. The quantitative estimate of drug-likeness (QED) is 0.440.